The van der Waals surface area contributed by atoms with Crippen LogP contribution in [0, 0.1) is 0 Å². The van der Waals surface area contributed by atoms with E-state index in [0.29, 0.717) is 17.1 Å². The van der Waals surface area contributed by atoms with Crippen molar-refractivity contribution in [2.24, 2.45) is 0 Å². The molecule has 7 heteroatoms. The molecule has 0 unspecified atom stereocenters. The first kappa shape index (κ1) is 14.8. The maximum absolute atomic E-state index is 12.2. The standard InChI is InChI=1S/C16H15N3O4/c1-11(13-8-5-9-22-13)17-14(20)10-19-15(18-23-16(19)21)12-6-3-2-4-7-12/h2-9,11H,10H2,1H3,(H,17,20)/t11-/m1/s1. The number of hydrogen-bond donors (Lipinski definition) is 1. The second-order valence-electron chi connectivity index (χ2n) is 5.03. The molecule has 1 atom stereocenters. The predicted octanol–water partition coefficient (Wildman–Crippen LogP) is 1.97. The van der Waals surface area contributed by atoms with Gasteiger partial charge in [-0.05, 0) is 19.1 Å². The Kier molecular flexibility index (Phi) is 4.09. The van der Waals surface area contributed by atoms with Crippen molar-refractivity contribution >= 4 is 5.91 Å². The Morgan fingerprint density at radius 1 is 1.26 bits per heavy atom. The number of nitrogens with zero attached hydrogens (tertiary/aromatic N) is 2. The van der Waals surface area contributed by atoms with E-state index in [1.54, 1.807) is 31.2 Å². The molecule has 0 aliphatic heterocycles. The summed E-state index contributed by atoms with van der Waals surface area (Å²) < 4.78 is 11.1. The number of carbonyl (C=O) groups excluding carboxylic acids is 1. The fourth-order valence-corrected chi connectivity index (χ4v) is 2.24. The highest BCUT2D eigenvalue weighted by Gasteiger charge is 2.17. The highest BCUT2D eigenvalue weighted by atomic mass is 16.5. The van der Waals surface area contributed by atoms with Crippen molar-refractivity contribution in [2.45, 2.75) is 19.5 Å². The van der Waals surface area contributed by atoms with Crippen LogP contribution in [-0.2, 0) is 11.3 Å². The maximum Gasteiger partial charge on any atom is 0.442 e. The predicted molar refractivity (Wildman–Crippen MR) is 81.5 cm³/mol. The molecule has 0 aliphatic carbocycles. The molecule has 2 heterocycles. The second kappa shape index (κ2) is 6.35. The monoisotopic (exact) mass is 313 g/mol. The number of rotatable bonds is 5. The first-order valence-corrected chi connectivity index (χ1v) is 7.10. The zero-order valence-corrected chi connectivity index (χ0v) is 12.4. The third kappa shape index (κ3) is 3.23. The van der Waals surface area contributed by atoms with Crippen molar-refractivity contribution in [2.75, 3.05) is 0 Å². The molecule has 118 valence electrons. The summed E-state index contributed by atoms with van der Waals surface area (Å²) in [6, 6.07) is 12.3. The molecule has 0 spiro atoms. The Labute approximate surface area is 131 Å². The number of benzene rings is 1. The van der Waals surface area contributed by atoms with Crippen LogP contribution in [0.5, 0.6) is 0 Å². The molecule has 23 heavy (non-hydrogen) atoms. The van der Waals surface area contributed by atoms with Crippen LogP contribution in [0.4, 0.5) is 0 Å². The minimum Gasteiger partial charge on any atom is -0.467 e. The van der Waals surface area contributed by atoms with Gasteiger partial charge in [0.1, 0.15) is 12.3 Å². The normalized spacial score (nSPS) is 12.0. The number of aromatic nitrogens is 2. The summed E-state index contributed by atoms with van der Waals surface area (Å²) in [4.78, 5) is 24.0. The van der Waals surface area contributed by atoms with Crippen LogP contribution in [0.3, 0.4) is 0 Å². The van der Waals surface area contributed by atoms with E-state index in [1.165, 1.54) is 10.8 Å². The van der Waals surface area contributed by atoms with Gasteiger partial charge in [0.15, 0.2) is 5.82 Å². The zero-order chi connectivity index (χ0) is 16.2. The van der Waals surface area contributed by atoms with Crippen LogP contribution >= 0.6 is 0 Å². The number of carbonyl (C=O) groups is 1. The highest BCUT2D eigenvalue weighted by Crippen LogP contribution is 2.15. The van der Waals surface area contributed by atoms with Gasteiger partial charge >= 0.3 is 5.76 Å². The van der Waals surface area contributed by atoms with Crippen molar-refractivity contribution in [3.05, 3.63) is 65.0 Å². The Hall–Kier alpha value is -3.09. The number of nitrogens with one attached hydrogen (secondary N) is 1. The molecule has 0 saturated carbocycles. The lowest BCUT2D eigenvalue weighted by molar-refractivity contribution is -0.122. The van der Waals surface area contributed by atoms with Crippen molar-refractivity contribution in [3.8, 4) is 11.4 Å². The number of amides is 1. The minimum absolute atomic E-state index is 0.183. The molecule has 0 radical (unpaired) electrons. The van der Waals surface area contributed by atoms with Crippen LogP contribution < -0.4 is 11.1 Å². The van der Waals surface area contributed by atoms with Crippen LogP contribution in [0.1, 0.15) is 18.7 Å². The smallest absolute Gasteiger partial charge is 0.442 e. The first-order chi connectivity index (χ1) is 11.1. The fraction of sp³-hybridized carbons (Fsp3) is 0.188. The van der Waals surface area contributed by atoms with Crippen molar-refractivity contribution in [1.29, 1.82) is 0 Å². The van der Waals surface area contributed by atoms with E-state index < -0.39 is 5.76 Å². The fourth-order valence-electron chi connectivity index (χ4n) is 2.24. The summed E-state index contributed by atoms with van der Waals surface area (Å²) in [5.41, 5.74) is 0.699. The third-order valence-electron chi connectivity index (χ3n) is 3.37. The van der Waals surface area contributed by atoms with E-state index in [-0.39, 0.29) is 18.5 Å². The van der Waals surface area contributed by atoms with E-state index in [9.17, 15) is 9.59 Å². The van der Waals surface area contributed by atoms with E-state index in [1.807, 2.05) is 18.2 Å². The lowest BCUT2D eigenvalue weighted by Gasteiger charge is -2.11. The summed E-state index contributed by atoms with van der Waals surface area (Å²) in [7, 11) is 0. The molecular weight excluding hydrogens is 298 g/mol. The molecule has 1 N–H and O–H groups in total. The van der Waals surface area contributed by atoms with Crippen LogP contribution in [0.15, 0.2) is 62.5 Å². The maximum atomic E-state index is 12.2. The third-order valence-corrected chi connectivity index (χ3v) is 3.37. The Morgan fingerprint density at radius 3 is 2.74 bits per heavy atom. The minimum atomic E-state index is -0.676. The van der Waals surface area contributed by atoms with Gasteiger partial charge < -0.3 is 9.73 Å². The van der Waals surface area contributed by atoms with Gasteiger partial charge in [-0.15, -0.1) is 0 Å². The number of furan rings is 1. The Bertz CT molecular complexity index is 834. The molecule has 0 saturated heterocycles. The molecule has 3 aromatic rings. The van der Waals surface area contributed by atoms with E-state index >= 15 is 0 Å². The Morgan fingerprint density at radius 2 is 2.04 bits per heavy atom. The van der Waals surface area contributed by atoms with Gasteiger partial charge in [-0.3, -0.25) is 9.32 Å². The molecule has 0 bridgehead atoms. The second-order valence-corrected chi connectivity index (χ2v) is 5.03. The topological polar surface area (TPSA) is 90.3 Å². The van der Waals surface area contributed by atoms with Crippen molar-refractivity contribution in [1.82, 2.24) is 15.0 Å². The lowest BCUT2D eigenvalue weighted by Crippen LogP contribution is -2.32. The summed E-state index contributed by atoms with van der Waals surface area (Å²) in [6.07, 6.45) is 1.54. The zero-order valence-electron chi connectivity index (χ0n) is 12.4. The average Bonchev–Trinajstić information content (AvgIpc) is 3.19. The van der Waals surface area contributed by atoms with Crippen LogP contribution in [-0.4, -0.2) is 15.6 Å². The number of hydrogen-bond acceptors (Lipinski definition) is 5. The Balaban J connectivity index is 1.77. The van der Waals surface area contributed by atoms with Crippen LogP contribution in [0.2, 0.25) is 0 Å². The van der Waals surface area contributed by atoms with Gasteiger partial charge in [0, 0.05) is 5.56 Å². The van der Waals surface area contributed by atoms with Gasteiger partial charge in [0.2, 0.25) is 5.91 Å². The molecular formula is C16H15N3O4. The molecule has 3 rings (SSSR count). The SMILES string of the molecule is C[C@@H](NC(=O)Cn1c(-c2ccccc2)noc1=O)c1ccco1. The van der Waals surface area contributed by atoms with Gasteiger partial charge in [-0.25, -0.2) is 9.36 Å². The first-order valence-electron chi connectivity index (χ1n) is 7.10. The van der Waals surface area contributed by atoms with E-state index in [0.717, 1.165) is 0 Å². The summed E-state index contributed by atoms with van der Waals surface area (Å²) >= 11 is 0. The molecule has 1 amide bonds. The average molecular weight is 313 g/mol. The van der Waals surface area contributed by atoms with Gasteiger partial charge in [-0.2, -0.15) is 0 Å². The molecule has 7 nitrogen and oxygen atoms in total. The van der Waals surface area contributed by atoms with Crippen molar-refractivity contribution in [3.63, 3.8) is 0 Å². The van der Waals surface area contributed by atoms with Gasteiger partial charge in [0.05, 0.1) is 12.3 Å². The highest BCUT2D eigenvalue weighted by molar-refractivity contribution is 5.76. The summed E-state index contributed by atoms with van der Waals surface area (Å²) in [6.45, 7) is 1.61. The summed E-state index contributed by atoms with van der Waals surface area (Å²) in [5.74, 6) is -0.0586. The molecule has 0 fully saturated rings. The molecule has 1 aromatic carbocycles. The largest absolute Gasteiger partial charge is 0.467 e. The lowest BCUT2D eigenvalue weighted by atomic mass is 10.2. The van der Waals surface area contributed by atoms with Gasteiger partial charge in [0.25, 0.3) is 0 Å². The van der Waals surface area contributed by atoms with Crippen LogP contribution in [0.25, 0.3) is 11.4 Å². The summed E-state index contributed by atoms with van der Waals surface area (Å²) in [5, 5.41) is 6.51. The van der Waals surface area contributed by atoms with Gasteiger partial charge in [-0.1, -0.05) is 35.5 Å². The molecule has 2 aromatic heterocycles. The van der Waals surface area contributed by atoms with E-state index in [2.05, 4.69) is 15.0 Å². The van der Waals surface area contributed by atoms with E-state index in [4.69, 9.17) is 4.42 Å². The van der Waals surface area contributed by atoms with Crippen molar-refractivity contribution < 1.29 is 13.7 Å². The quantitative estimate of drug-likeness (QED) is 0.777. The molecule has 0 aliphatic rings.